The van der Waals surface area contributed by atoms with Crippen LogP contribution in [-0.2, 0) is 29.5 Å². The highest BCUT2D eigenvalue weighted by Crippen LogP contribution is 2.21. The van der Waals surface area contributed by atoms with E-state index in [-0.39, 0.29) is 5.91 Å². The number of nitrogens with zero attached hydrogens (tertiary/aromatic N) is 3. The van der Waals surface area contributed by atoms with Crippen molar-refractivity contribution in [2.75, 3.05) is 7.05 Å². The number of amides is 1. The smallest absolute Gasteiger partial charge is 0.339 e. The van der Waals surface area contributed by atoms with Crippen LogP contribution in [0.15, 0.2) is 36.7 Å². The fourth-order valence-electron chi connectivity index (χ4n) is 2.62. The molecule has 1 aromatic heterocycles. The third-order valence-corrected chi connectivity index (χ3v) is 3.72. The van der Waals surface area contributed by atoms with Crippen LogP contribution in [0.1, 0.15) is 21.5 Å². The maximum absolute atomic E-state index is 12.5. The van der Waals surface area contributed by atoms with E-state index in [2.05, 4.69) is 5.10 Å². The molecule has 1 aliphatic rings. The van der Waals surface area contributed by atoms with Crippen molar-refractivity contribution in [3.63, 3.8) is 0 Å². The molecule has 1 atom stereocenters. The number of ether oxygens (including phenoxy) is 1. The number of rotatable bonds is 3. The Hall–Kier alpha value is -2.63. The molecule has 114 valence electrons. The zero-order valence-electron chi connectivity index (χ0n) is 12.5. The largest absolute Gasteiger partial charge is 0.448 e. The van der Waals surface area contributed by atoms with Gasteiger partial charge < -0.3 is 9.64 Å². The summed E-state index contributed by atoms with van der Waals surface area (Å²) in [5, 5.41) is 4.08. The first-order valence-corrected chi connectivity index (χ1v) is 7.06. The van der Waals surface area contributed by atoms with Gasteiger partial charge in [0.25, 0.3) is 5.91 Å². The van der Waals surface area contributed by atoms with E-state index in [0.29, 0.717) is 18.5 Å². The van der Waals surface area contributed by atoms with Crippen molar-refractivity contribution in [1.82, 2.24) is 14.7 Å². The van der Waals surface area contributed by atoms with Crippen molar-refractivity contribution < 1.29 is 14.3 Å². The highest BCUT2D eigenvalue weighted by molar-refractivity contribution is 5.95. The Morgan fingerprint density at radius 1 is 1.45 bits per heavy atom. The van der Waals surface area contributed by atoms with Crippen LogP contribution in [0, 0.1) is 0 Å². The summed E-state index contributed by atoms with van der Waals surface area (Å²) in [5.74, 6) is -0.637. The summed E-state index contributed by atoms with van der Waals surface area (Å²) in [6.07, 6.45) is 3.22. The first-order valence-electron chi connectivity index (χ1n) is 7.06. The Morgan fingerprint density at radius 3 is 2.95 bits per heavy atom. The van der Waals surface area contributed by atoms with Gasteiger partial charge in [0.2, 0.25) is 0 Å². The lowest BCUT2D eigenvalue weighted by molar-refractivity contribution is -0.140. The summed E-state index contributed by atoms with van der Waals surface area (Å²) in [4.78, 5) is 26.0. The van der Waals surface area contributed by atoms with E-state index in [0.717, 1.165) is 11.1 Å². The molecule has 0 bridgehead atoms. The number of aryl methyl sites for hydroxylation is 1. The second-order valence-electron chi connectivity index (χ2n) is 5.47. The van der Waals surface area contributed by atoms with E-state index in [1.165, 1.54) is 0 Å². The van der Waals surface area contributed by atoms with E-state index in [4.69, 9.17) is 4.74 Å². The van der Waals surface area contributed by atoms with Crippen LogP contribution in [-0.4, -0.2) is 39.7 Å². The normalized spacial score (nSPS) is 16.8. The number of carbonyl (C=O) groups is 2. The molecule has 1 aromatic carbocycles. The number of esters is 1. The van der Waals surface area contributed by atoms with Gasteiger partial charge in [0, 0.05) is 38.8 Å². The maximum Gasteiger partial charge on any atom is 0.339 e. The van der Waals surface area contributed by atoms with E-state index in [1.54, 1.807) is 35.0 Å². The first-order chi connectivity index (χ1) is 10.5. The van der Waals surface area contributed by atoms with Crippen molar-refractivity contribution >= 4 is 11.9 Å². The van der Waals surface area contributed by atoms with Crippen molar-refractivity contribution in [1.29, 1.82) is 0 Å². The Labute approximate surface area is 128 Å². The van der Waals surface area contributed by atoms with Gasteiger partial charge in [0.1, 0.15) is 0 Å². The predicted octanol–water partition coefficient (Wildman–Crippen LogP) is 1.16. The fourth-order valence-corrected chi connectivity index (χ4v) is 2.62. The summed E-state index contributed by atoms with van der Waals surface area (Å²) in [5.41, 5.74) is 2.33. The van der Waals surface area contributed by atoms with Crippen molar-refractivity contribution in [3.8, 4) is 0 Å². The number of likely N-dealkylation sites (N-methyl/N-ethyl adjacent to an activating group) is 1. The van der Waals surface area contributed by atoms with E-state index < -0.39 is 12.1 Å². The minimum absolute atomic E-state index is 0.202. The molecule has 2 heterocycles. The van der Waals surface area contributed by atoms with E-state index >= 15 is 0 Å². The summed E-state index contributed by atoms with van der Waals surface area (Å²) in [7, 11) is 3.52. The molecule has 0 saturated heterocycles. The summed E-state index contributed by atoms with van der Waals surface area (Å²) >= 11 is 0. The zero-order chi connectivity index (χ0) is 15.7. The summed E-state index contributed by atoms with van der Waals surface area (Å²) in [6, 6.07) is 7.23. The highest BCUT2D eigenvalue weighted by atomic mass is 16.5. The van der Waals surface area contributed by atoms with Gasteiger partial charge in [-0.25, -0.2) is 4.79 Å². The van der Waals surface area contributed by atoms with Crippen LogP contribution in [0.5, 0.6) is 0 Å². The quantitative estimate of drug-likeness (QED) is 0.798. The molecule has 0 saturated carbocycles. The van der Waals surface area contributed by atoms with Crippen LogP contribution >= 0.6 is 0 Å². The second kappa shape index (κ2) is 5.63. The number of carbonyl (C=O) groups excluding carboxylic acids is 2. The second-order valence-corrected chi connectivity index (χ2v) is 5.47. The molecule has 0 unspecified atom stereocenters. The topological polar surface area (TPSA) is 64.4 Å². The van der Waals surface area contributed by atoms with Crippen molar-refractivity contribution in [2.45, 2.75) is 19.1 Å². The minimum atomic E-state index is -0.760. The van der Waals surface area contributed by atoms with Crippen LogP contribution in [0.25, 0.3) is 0 Å². The van der Waals surface area contributed by atoms with Gasteiger partial charge in [-0.05, 0) is 11.6 Å². The molecule has 0 spiro atoms. The zero-order valence-corrected chi connectivity index (χ0v) is 12.5. The van der Waals surface area contributed by atoms with Crippen LogP contribution in [0.3, 0.4) is 0 Å². The molecule has 0 N–H and O–H groups in total. The lowest BCUT2D eigenvalue weighted by Crippen LogP contribution is -2.42. The molecule has 6 nitrogen and oxygen atoms in total. The van der Waals surface area contributed by atoms with Gasteiger partial charge in [-0.2, -0.15) is 5.10 Å². The monoisotopic (exact) mass is 299 g/mol. The Morgan fingerprint density at radius 2 is 2.23 bits per heavy atom. The van der Waals surface area contributed by atoms with E-state index in [1.807, 2.05) is 25.4 Å². The Balaban J connectivity index is 1.72. The predicted molar refractivity (Wildman–Crippen MR) is 79.0 cm³/mol. The minimum Gasteiger partial charge on any atom is -0.448 e. The molecule has 0 fully saturated rings. The number of benzene rings is 1. The van der Waals surface area contributed by atoms with E-state index in [9.17, 15) is 9.59 Å². The lowest BCUT2D eigenvalue weighted by atomic mass is 9.98. The van der Waals surface area contributed by atoms with Gasteiger partial charge in [0.15, 0.2) is 6.10 Å². The van der Waals surface area contributed by atoms with Crippen molar-refractivity contribution in [3.05, 3.63) is 53.3 Å². The molecule has 2 aromatic rings. The van der Waals surface area contributed by atoms with Crippen molar-refractivity contribution in [2.24, 2.45) is 7.05 Å². The standard InChI is InChI=1S/C16H17N3O3/c1-18(9-11-8-17-19(2)10-11)15(20)14-7-12-5-3-4-6-13(12)16(21)22-14/h3-6,8,10,14H,7,9H2,1-2H3/t14-/m0/s1. The number of aromatic nitrogens is 2. The number of hydrogen-bond acceptors (Lipinski definition) is 4. The average molecular weight is 299 g/mol. The number of cyclic esters (lactones) is 1. The van der Waals surface area contributed by atoms with Gasteiger partial charge in [0.05, 0.1) is 11.8 Å². The third kappa shape index (κ3) is 2.72. The van der Waals surface area contributed by atoms with Gasteiger partial charge in [-0.1, -0.05) is 18.2 Å². The van der Waals surface area contributed by atoms with Gasteiger partial charge in [-0.3, -0.25) is 9.48 Å². The lowest BCUT2D eigenvalue weighted by Gasteiger charge is -2.27. The molecule has 3 rings (SSSR count). The molecule has 22 heavy (non-hydrogen) atoms. The molecule has 0 aliphatic carbocycles. The number of hydrogen-bond donors (Lipinski definition) is 0. The Kier molecular flexibility index (Phi) is 3.66. The molecule has 6 heteroatoms. The van der Waals surface area contributed by atoms with Crippen LogP contribution in [0.4, 0.5) is 0 Å². The Bertz CT molecular complexity index is 723. The summed E-state index contributed by atoms with van der Waals surface area (Å²) in [6.45, 7) is 0.433. The average Bonchev–Trinajstić information content (AvgIpc) is 2.91. The van der Waals surface area contributed by atoms with Crippen LogP contribution in [0.2, 0.25) is 0 Å². The molecule has 1 amide bonds. The SMILES string of the molecule is CN(Cc1cnn(C)c1)C(=O)[C@@H]1Cc2ccccc2C(=O)O1. The van der Waals surface area contributed by atoms with Gasteiger partial charge >= 0.3 is 5.97 Å². The third-order valence-electron chi connectivity index (χ3n) is 3.72. The first kappa shape index (κ1) is 14.3. The summed E-state index contributed by atoms with van der Waals surface area (Å²) < 4.78 is 6.97. The molecule has 0 radical (unpaired) electrons. The van der Waals surface area contributed by atoms with Gasteiger partial charge in [-0.15, -0.1) is 0 Å². The maximum atomic E-state index is 12.5. The van der Waals surface area contributed by atoms with Crippen LogP contribution < -0.4 is 0 Å². The number of fused-ring (bicyclic) bond motifs is 1. The molecule has 1 aliphatic heterocycles. The molecular formula is C16H17N3O3. The fraction of sp³-hybridized carbons (Fsp3) is 0.312. The highest BCUT2D eigenvalue weighted by Gasteiger charge is 2.32. The molecular weight excluding hydrogens is 282 g/mol.